The van der Waals surface area contributed by atoms with E-state index in [1.807, 2.05) is 48.5 Å². The second-order valence-corrected chi connectivity index (χ2v) is 7.64. The molecule has 0 fully saturated rings. The molecule has 1 aliphatic carbocycles. The van der Waals surface area contributed by atoms with Gasteiger partial charge in [0.2, 0.25) is 5.91 Å². The number of carbonyl (C=O) groups is 3. The molecule has 0 spiro atoms. The molecule has 0 saturated heterocycles. The van der Waals surface area contributed by atoms with Crippen molar-refractivity contribution in [3.63, 3.8) is 0 Å². The minimum absolute atomic E-state index is 0.0749. The first-order valence-electron chi connectivity index (χ1n) is 10.7. The van der Waals surface area contributed by atoms with Crippen LogP contribution in [0.1, 0.15) is 42.7 Å². The Morgan fingerprint density at radius 2 is 1.62 bits per heavy atom. The number of fused-ring (bicyclic) bond motifs is 3. The Balaban J connectivity index is 1.61. The van der Waals surface area contributed by atoms with Gasteiger partial charge in [-0.1, -0.05) is 48.5 Å². The zero-order chi connectivity index (χ0) is 22.9. The van der Waals surface area contributed by atoms with Crippen LogP contribution in [0.4, 0.5) is 9.18 Å². The predicted octanol–water partition coefficient (Wildman–Crippen LogP) is 3.62. The summed E-state index contributed by atoms with van der Waals surface area (Å²) in [4.78, 5) is 35.8. The Bertz CT molecular complexity index is 919. The number of hydrogen-bond acceptors (Lipinski definition) is 4. The molecule has 2 aromatic carbocycles. The molecule has 1 atom stereocenters. The standard InChI is InChI=1S/C24H27FN2O5/c25-13-5-6-14-26-23(30)21(11-12-22(28)29)27-24(31)32-15-20-18-9-3-1-7-16(18)17-8-2-4-10-19(17)20/h1-4,7-10,20-21H,5-6,11-15H2,(H,26,30)(H,27,31)(H,28,29). The largest absolute Gasteiger partial charge is 0.481 e. The van der Waals surface area contributed by atoms with Gasteiger partial charge in [0.05, 0.1) is 6.67 Å². The van der Waals surface area contributed by atoms with Crippen LogP contribution in [0.15, 0.2) is 48.5 Å². The highest BCUT2D eigenvalue weighted by molar-refractivity contribution is 5.86. The van der Waals surface area contributed by atoms with E-state index in [0.717, 1.165) is 22.3 Å². The van der Waals surface area contributed by atoms with Crippen LogP contribution in [-0.4, -0.2) is 48.9 Å². The minimum Gasteiger partial charge on any atom is -0.481 e. The summed E-state index contributed by atoms with van der Waals surface area (Å²) >= 11 is 0. The van der Waals surface area contributed by atoms with E-state index in [1.54, 1.807) is 0 Å². The van der Waals surface area contributed by atoms with E-state index in [9.17, 15) is 18.8 Å². The lowest BCUT2D eigenvalue weighted by atomic mass is 9.98. The van der Waals surface area contributed by atoms with Crippen molar-refractivity contribution < 1.29 is 28.6 Å². The van der Waals surface area contributed by atoms with Crippen LogP contribution in [0.2, 0.25) is 0 Å². The van der Waals surface area contributed by atoms with Crippen molar-refractivity contribution in [1.29, 1.82) is 0 Å². The maximum atomic E-state index is 12.4. The molecule has 1 unspecified atom stereocenters. The van der Waals surface area contributed by atoms with Crippen molar-refractivity contribution in [1.82, 2.24) is 10.6 Å². The van der Waals surface area contributed by atoms with Crippen molar-refractivity contribution in [2.75, 3.05) is 19.8 Å². The van der Waals surface area contributed by atoms with Gasteiger partial charge in [0.1, 0.15) is 12.6 Å². The summed E-state index contributed by atoms with van der Waals surface area (Å²) in [7, 11) is 0. The first-order valence-corrected chi connectivity index (χ1v) is 10.7. The SMILES string of the molecule is O=C(O)CCC(NC(=O)OCC1c2ccccc2-c2ccccc21)C(=O)NCCCCF. The molecule has 0 radical (unpaired) electrons. The van der Waals surface area contributed by atoms with Crippen molar-refractivity contribution in [2.24, 2.45) is 0 Å². The highest BCUT2D eigenvalue weighted by Crippen LogP contribution is 2.44. The van der Waals surface area contributed by atoms with E-state index in [4.69, 9.17) is 9.84 Å². The van der Waals surface area contributed by atoms with E-state index in [2.05, 4.69) is 10.6 Å². The average Bonchev–Trinajstić information content (AvgIpc) is 3.11. The molecule has 0 saturated carbocycles. The number of carboxylic acid groups (broad SMARTS) is 1. The molecule has 3 rings (SSSR count). The molecule has 7 nitrogen and oxygen atoms in total. The minimum atomic E-state index is -1.07. The topological polar surface area (TPSA) is 105 Å². The van der Waals surface area contributed by atoms with Crippen molar-refractivity contribution >= 4 is 18.0 Å². The van der Waals surface area contributed by atoms with Crippen LogP contribution in [0.3, 0.4) is 0 Å². The van der Waals surface area contributed by atoms with Crippen LogP contribution >= 0.6 is 0 Å². The summed E-state index contributed by atoms with van der Waals surface area (Å²) < 4.78 is 17.6. The molecule has 3 N–H and O–H groups in total. The summed E-state index contributed by atoms with van der Waals surface area (Å²) in [6.07, 6.45) is -0.375. The monoisotopic (exact) mass is 442 g/mol. The Kier molecular flexibility index (Phi) is 8.19. The number of ether oxygens (including phenoxy) is 1. The zero-order valence-corrected chi connectivity index (χ0v) is 17.7. The van der Waals surface area contributed by atoms with Gasteiger partial charge in [-0.3, -0.25) is 14.0 Å². The number of amides is 2. The number of nitrogens with one attached hydrogen (secondary N) is 2. The number of unbranched alkanes of at least 4 members (excludes halogenated alkanes) is 1. The van der Waals surface area contributed by atoms with Crippen molar-refractivity contribution in [2.45, 2.75) is 37.6 Å². The van der Waals surface area contributed by atoms with Gasteiger partial charge in [0.15, 0.2) is 0 Å². The van der Waals surface area contributed by atoms with Gasteiger partial charge < -0.3 is 20.5 Å². The van der Waals surface area contributed by atoms with Crippen LogP contribution in [0.25, 0.3) is 11.1 Å². The first kappa shape index (κ1) is 23.2. The fraction of sp³-hybridized carbons (Fsp3) is 0.375. The number of benzene rings is 2. The highest BCUT2D eigenvalue weighted by Gasteiger charge is 2.29. The van der Waals surface area contributed by atoms with Crippen LogP contribution in [-0.2, 0) is 14.3 Å². The fourth-order valence-electron chi connectivity index (χ4n) is 3.87. The molecule has 170 valence electrons. The van der Waals surface area contributed by atoms with Gasteiger partial charge >= 0.3 is 12.1 Å². The fourth-order valence-corrected chi connectivity index (χ4v) is 3.87. The smallest absolute Gasteiger partial charge is 0.407 e. The van der Waals surface area contributed by atoms with Gasteiger partial charge in [-0.2, -0.15) is 0 Å². The predicted molar refractivity (Wildman–Crippen MR) is 117 cm³/mol. The molecule has 2 aromatic rings. The van der Waals surface area contributed by atoms with E-state index in [0.29, 0.717) is 12.8 Å². The maximum Gasteiger partial charge on any atom is 0.407 e. The molecule has 0 heterocycles. The van der Waals surface area contributed by atoms with Crippen LogP contribution in [0.5, 0.6) is 0 Å². The lowest BCUT2D eigenvalue weighted by Crippen LogP contribution is -2.47. The molecule has 0 bridgehead atoms. The Morgan fingerprint density at radius 3 is 2.22 bits per heavy atom. The number of rotatable bonds is 11. The van der Waals surface area contributed by atoms with Crippen molar-refractivity contribution in [3.05, 3.63) is 59.7 Å². The van der Waals surface area contributed by atoms with E-state index >= 15 is 0 Å². The van der Waals surface area contributed by atoms with E-state index < -0.39 is 30.7 Å². The number of aliphatic carboxylic acids is 1. The quantitative estimate of drug-likeness (QED) is 0.461. The molecule has 0 aliphatic heterocycles. The molecule has 8 heteroatoms. The summed E-state index contributed by atoms with van der Waals surface area (Å²) in [6, 6.07) is 14.8. The normalized spacial score (nSPS) is 13.0. The molecule has 32 heavy (non-hydrogen) atoms. The number of carboxylic acids is 1. The average molecular weight is 442 g/mol. The summed E-state index contributed by atoms with van der Waals surface area (Å²) in [5, 5.41) is 14.0. The van der Waals surface area contributed by atoms with Gasteiger partial charge in [0.25, 0.3) is 0 Å². The number of alkyl halides is 1. The zero-order valence-electron chi connectivity index (χ0n) is 17.7. The third-order valence-corrected chi connectivity index (χ3v) is 5.46. The first-order chi connectivity index (χ1) is 15.5. The molecule has 1 aliphatic rings. The van der Waals surface area contributed by atoms with Gasteiger partial charge in [-0.25, -0.2) is 4.79 Å². The third kappa shape index (κ3) is 5.84. The van der Waals surface area contributed by atoms with Crippen LogP contribution in [0, 0.1) is 0 Å². The van der Waals surface area contributed by atoms with Gasteiger partial charge in [-0.05, 0) is 41.5 Å². The van der Waals surface area contributed by atoms with Gasteiger partial charge in [0, 0.05) is 18.9 Å². The maximum absolute atomic E-state index is 12.4. The lowest BCUT2D eigenvalue weighted by molar-refractivity contribution is -0.137. The van der Waals surface area contributed by atoms with Crippen molar-refractivity contribution in [3.8, 4) is 11.1 Å². The van der Waals surface area contributed by atoms with Gasteiger partial charge in [-0.15, -0.1) is 0 Å². The van der Waals surface area contributed by atoms with E-state index in [-0.39, 0.29) is 31.9 Å². The van der Waals surface area contributed by atoms with E-state index in [1.165, 1.54) is 0 Å². The molecular formula is C24H27FN2O5. The number of halogens is 1. The summed E-state index contributed by atoms with van der Waals surface area (Å²) in [5.74, 6) is -1.71. The molecule has 2 amide bonds. The Labute approximate surface area is 186 Å². The number of carbonyl (C=O) groups excluding carboxylic acids is 2. The van der Waals surface area contributed by atoms with Crippen LogP contribution < -0.4 is 10.6 Å². The summed E-state index contributed by atoms with van der Waals surface area (Å²) in [5.41, 5.74) is 4.33. The summed E-state index contributed by atoms with van der Waals surface area (Å²) in [6.45, 7) is -0.140. The Hall–Kier alpha value is -3.42. The second-order valence-electron chi connectivity index (χ2n) is 7.64. The third-order valence-electron chi connectivity index (χ3n) is 5.46. The lowest BCUT2D eigenvalue weighted by Gasteiger charge is -2.19. The molecule has 0 aromatic heterocycles. The number of hydrogen-bond donors (Lipinski definition) is 3. The Morgan fingerprint density at radius 1 is 1.00 bits per heavy atom. The molecular weight excluding hydrogens is 415 g/mol. The highest BCUT2D eigenvalue weighted by atomic mass is 19.1. The number of alkyl carbamates (subject to hydrolysis) is 1. The second kappa shape index (κ2) is 11.3.